The molecule has 0 heterocycles. The molecule has 0 amide bonds. The Bertz CT molecular complexity index is 400. The van der Waals surface area contributed by atoms with E-state index in [-0.39, 0.29) is 10.7 Å². The van der Waals surface area contributed by atoms with Crippen LogP contribution < -0.4 is 0 Å². The van der Waals surface area contributed by atoms with Crippen molar-refractivity contribution in [3.05, 3.63) is 29.0 Å². The first-order valence-corrected chi connectivity index (χ1v) is 4.33. The van der Waals surface area contributed by atoms with E-state index in [1.54, 1.807) is 0 Å². The molecule has 1 aromatic rings. The number of aliphatic imine (C=N–C) groups is 1. The Morgan fingerprint density at radius 2 is 1.87 bits per heavy atom. The van der Waals surface area contributed by atoms with Crippen LogP contribution in [-0.4, -0.2) is 11.3 Å². The van der Waals surface area contributed by atoms with Crippen molar-refractivity contribution in [1.82, 2.24) is 0 Å². The van der Waals surface area contributed by atoms with E-state index in [4.69, 9.17) is 23.2 Å². The Hall–Kier alpha value is -0.810. The van der Waals surface area contributed by atoms with E-state index in [0.29, 0.717) is 0 Å². The van der Waals surface area contributed by atoms with Gasteiger partial charge in [0.2, 0.25) is 5.17 Å². The summed E-state index contributed by atoms with van der Waals surface area (Å²) in [6.45, 7) is 0. The second-order valence-electron chi connectivity index (χ2n) is 2.50. The molecule has 82 valence electrons. The van der Waals surface area contributed by atoms with Crippen molar-refractivity contribution < 1.29 is 17.6 Å². The first-order valence-electron chi connectivity index (χ1n) is 3.57. The van der Waals surface area contributed by atoms with Crippen molar-refractivity contribution in [2.45, 2.75) is 6.18 Å². The largest absolute Gasteiger partial charge is 0.444 e. The molecule has 0 unspecified atom stereocenters. The molecule has 0 N–H and O–H groups in total. The number of halogens is 6. The summed E-state index contributed by atoms with van der Waals surface area (Å²) in [5, 5.41) is -1.71. The van der Waals surface area contributed by atoms with Crippen LogP contribution in [0.1, 0.15) is 0 Å². The molecule has 0 saturated heterocycles. The Morgan fingerprint density at radius 3 is 2.40 bits per heavy atom. The number of hydrogen-bond donors (Lipinski definition) is 0. The third-order valence-corrected chi connectivity index (χ3v) is 1.98. The summed E-state index contributed by atoms with van der Waals surface area (Å²) in [7, 11) is 0. The maximum Gasteiger partial charge on any atom is 0.444 e. The van der Waals surface area contributed by atoms with Crippen LogP contribution in [0.2, 0.25) is 5.02 Å². The van der Waals surface area contributed by atoms with Crippen LogP contribution >= 0.6 is 23.2 Å². The second kappa shape index (κ2) is 4.37. The molecule has 0 spiro atoms. The van der Waals surface area contributed by atoms with Crippen LogP contribution in [0.25, 0.3) is 0 Å². The minimum atomic E-state index is -4.77. The predicted octanol–water partition coefficient (Wildman–Crippen LogP) is 4.31. The minimum absolute atomic E-state index is 0.112. The van der Waals surface area contributed by atoms with Crippen LogP contribution in [0.3, 0.4) is 0 Å². The average molecular weight is 260 g/mol. The van der Waals surface area contributed by atoms with Gasteiger partial charge in [0.05, 0.1) is 10.7 Å². The molecule has 1 nitrogen and oxygen atoms in total. The van der Waals surface area contributed by atoms with E-state index in [1.807, 2.05) is 0 Å². The number of alkyl halides is 3. The molecule has 0 saturated carbocycles. The average Bonchev–Trinajstić information content (AvgIpc) is 2.09. The summed E-state index contributed by atoms with van der Waals surface area (Å²) in [6.07, 6.45) is -4.77. The first-order chi connectivity index (χ1) is 6.80. The molecule has 0 radical (unpaired) electrons. The standard InChI is InChI=1S/C8H3Cl2F4N/c9-5-2-1-4(11)3-6(5)15-7(10)8(12,13)14/h1-3H. The van der Waals surface area contributed by atoms with Gasteiger partial charge in [0.15, 0.2) is 0 Å². The number of nitrogens with zero attached hydrogens (tertiary/aromatic N) is 1. The number of hydrogen-bond acceptors (Lipinski definition) is 1. The summed E-state index contributed by atoms with van der Waals surface area (Å²) in [4.78, 5) is 2.98. The van der Waals surface area contributed by atoms with Crippen molar-refractivity contribution in [1.29, 1.82) is 0 Å². The molecule has 0 aliphatic rings. The Labute approximate surface area is 92.3 Å². The van der Waals surface area contributed by atoms with Crippen molar-refractivity contribution >= 4 is 34.1 Å². The fraction of sp³-hybridized carbons (Fsp3) is 0.125. The highest BCUT2D eigenvalue weighted by Crippen LogP contribution is 2.29. The minimum Gasteiger partial charge on any atom is -0.231 e. The molecule has 1 aromatic carbocycles. The fourth-order valence-electron chi connectivity index (χ4n) is 0.741. The molecular weight excluding hydrogens is 257 g/mol. The molecule has 0 aliphatic heterocycles. The molecule has 15 heavy (non-hydrogen) atoms. The zero-order valence-corrected chi connectivity index (χ0v) is 8.46. The molecule has 0 bridgehead atoms. The molecule has 0 atom stereocenters. The van der Waals surface area contributed by atoms with Crippen molar-refractivity contribution in [2.75, 3.05) is 0 Å². The van der Waals surface area contributed by atoms with E-state index in [1.165, 1.54) is 0 Å². The smallest absolute Gasteiger partial charge is 0.231 e. The van der Waals surface area contributed by atoms with Gasteiger partial charge < -0.3 is 0 Å². The second-order valence-corrected chi connectivity index (χ2v) is 3.26. The highest BCUT2D eigenvalue weighted by molar-refractivity contribution is 6.67. The molecule has 7 heteroatoms. The van der Waals surface area contributed by atoms with Crippen LogP contribution in [0.15, 0.2) is 23.2 Å². The van der Waals surface area contributed by atoms with Gasteiger partial charge in [0, 0.05) is 6.07 Å². The monoisotopic (exact) mass is 259 g/mol. The zero-order chi connectivity index (χ0) is 11.6. The lowest BCUT2D eigenvalue weighted by atomic mass is 10.3. The summed E-state index contributed by atoms with van der Waals surface area (Å²) < 4.78 is 48.5. The fourth-order valence-corrected chi connectivity index (χ4v) is 0.991. The predicted molar refractivity (Wildman–Crippen MR) is 50.4 cm³/mol. The van der Waals surface area contributed by atoms with Crippen molar-refractivity contribution in [2.24, 2.45) is 4.99 Å². The highest BCUT2D eigenvalue weighted by Gasteiger charge is 2.34. The summed E-state index contributed by atoms with van der Waals surface area (Å²) >= 11 is 10.4. The normalized spacial score (nSPS) is 13.1. The van der Waals surface area contributed by atoms with E-state index < -0.39 is 17.2 Å². The van der Waals surface area contributed by atoms with Gasteiger partial charge in [-0.15, -0.1) is 0 Å². The van der Waals surface area contributed by atoms with Gasteiger partial charge >= 0.3 is 6.18 Å². The van der Waals surface area contributed by atoms with Crippen LogP contribution in [-0.2, 0) is 0 Å². The lowest BCUT2D eigenvalue weighted by Crippen LogP contribution is -2.16. The maximum absolute atomic E-state index is 12.6. The topological polar surface area (TPSA) is 12.4 Å². The highest BCUT2D eigenvalue weighted by atomic mass is 35.5. The van der Waals surface area contributed by atoms with Gasteiger partial charge in [-0.25, -0.2) is 9.38 Å². The summed E-state index contributed by atoms with van der Waals surface area (Å²) in [6, 6.07) is 2.86. The Morgan fingerprint density at radius 1 is 1.27 bits per heavy atom. The van der Waals surface area contributed by atoms with Gasteiger partial charge in [-0.1, -0.05) is 23.2 Å². The first kappa shape index (κ1) is 12.3. The third-order valence-electron chi connectivity index (χ3n) is 1.36. The maximum atomic E-state index is 12.6. The summed E-state index contributed by atoms with van der Waals surface area (Å²) in [5.74, 6) is -0.746. The van der Waals surface area contributed by atoms with Crippen LogP contribution in [0, 0.1) is 5.82 Å². The number of rotatable bonds is 1. The zero-order valence-electron chi connectivity index (χ0n) is 6.95. The molecule has 0 aromatic heterocycles. The van der Waals surface area contributed by atoms with Gasteiger partial charge in [0.25, 0.3) is 0 Å². The van der Waals surface area contributed by atoms with E-state index in [9.17, 15) is 17.6 Å². The van der Waals surface area contributed by atoms with Gasteiger partial charge in [-0.05, 0) is 12.1 Å². The van der Waals surface area contributed by atoms with Crippen LogP contribution in [0.4, 0.5) is 23.2 Å². The molecule has 0 fully saturated rings. The Kier molecular flexibility index (Phi) is 3.57. The third kappa shape index (κ3) is 3.35. The summed E-state index contributed by atoms with van der Waals surface area (Å²) in [5.41, 5.74) is -0.362. The quantitative estimate of drug-likeness (QED) is 0.527. The lowest BCUT2D eigenvalue weighted by molar-refractivity contribution is -0.0558. The van der Waals surface area contributed by atoms with E-state index >= 15 is 0 Å². The van der Waals surface area contributed by atoms with E-state index in [0.717, 1.165) is 18.2 Å². The lowest BCUT2D eigenvalue weighted by Gasteiger charge is -2.04. The molecular formula is C8H3Cl2F4N. The van der Waals surface area contributed by atoms with E-state index in [2.05, 4.69) is 4.99 Å². The van der Waals surface area contributed by atoms with Crippen molar-refractivity contribution in [3.63, 3.8) is 0 Å². The van der Waals surface area contributed by atoms with Crippen LogP contribution in [0.5, 0.6) is 0 Å². The van der Waals surface area contributed by atoms with Gasteiger partial charge in [0.1, 0.15) is 5.82 Å². The Balaban J connectivity index is 3.13. The SMILES string of the molecule is Fc1ccc(Cl)c(N=C(Cl)C(F)(F)F)c1. The van der Waals surface area contributed by atoms with Gasteiger partial charge in [-0.2, -0.15) is 13.2 Å². The number of benzene rings is 1. The van der Waals surface area contributed by atoms with Crippen molar-refractivity contribution in [3.8, 4) is 0 Å². The molecule has 0 aliphatic carbocycles. The van der Waals surface area contributed by atoms with Gasteiger partial charge in [-0.3, -0.25) is 0 Å². The molecule has 1 rings (SSSR count).